The van der Waals surface area contributed by atoms with Crippen LogP contribution in [0.5, 0.6) is 0 Å². The second-order valence-electron chi connectivity index (χ2n) is 9.13. The molecule has 0 unspecified atom stereocenters. The number of aromatic nitrogens is 2. The summed E-state index contributed by atoms with van der Waals surface area (Å²) in [7, 11) is 0. The Kier molecular flexibility index (Phi) is 5.12. The third kappa shape index (κ3) is 4.01. The number of hydrogen-bond acceptors (Lipinski definition) is 4. The molecule has 0 aliphatic carbocycles. The van der Waals surface area contributed by atoms with Gasteiger partial charge in [-0.05, 0) is 42.5 Å². The molecular weight excluding hydrogens is 402 g/mol. The number of carbonyl (C=O) groups excluding carboxylic acids is 1. The molecular formula is C23H26F2N4O2. The lowest BCUT2D eigenvalue weighted by Crippen LogP contribution is -2.49. The quantitative estimate of drug-likeness (QED) is 0.755. The summed E-state index contributed by atoms with van der Waals surface area (Å²) in [6, 6.07) is 7.40. The minimum absolute atomic E-state index is 0.00800. The molecule has 8 heteroatoms. The molecule has 0 spiro atoms. The van der Waals surface area contributed by atoms with Crippen molar-refractivity contribution in [2.45, 2.75) is 44.2 Å². The SMILES string of the molecule is O=C(c1ccc2n(c1=O)C[C@H]1C[C@@H]2CN(Cc2cccnc2)C1)N1CCCC(F)(F)C1. The summed E-state index contributed by atoms with van der Waals surface area (Å²) in [5.41, 5.74) is 1.78. The van der Waals surface area contributed by atoms with Crippen LogP contribution in [0.2, 0.25) is 0 Å². The summed E-state index contributed by atoms with van der Waals surface area (Å²) in [4.78, 5) is 33.8. The number of carbonyl (C=O) groups is 1. The van der Waals surface area contributed by atoms with E-state index in [1.54, 1.807) is 16.8 Å². The van der Waals surface area contributed by atoms with Crippen molar-refractivity contribution in [3.05, 3.63) is 63.8 Å². The molecule has 2 bridgehead atoms. The topological polar surface area (TPSA) is 58.4 Å². The minimum atomic E-state index is -2.88. The molecule has 2 atom stereocenters. The van der Waals surface area contributed by atoms with Crippen LogP contribution in [0.25, 0.3) is 0 Å². The smallest absolute Gasteiger partial charge is 0.265 e. The highest BCUT2D eigenvalue weighted by molar-refractivity contribution is 5.94. The number of likely N-dealkylation sites (tertiary alicyclic amines) is 2. The lowest BCUT2D eigenvalue weighted by Gasteiger charge is -2.43. The van der Waals surface area contributed by atoms with Gasteiger partial charge in [0.1, 0.15) is 5.56 Å². The number of alkyl halides is 2. The van der Waals surface area contributed by atoms with E-state index in [4.69, 9.17) is 0 Å². The lowest BCUT2D eigenvalue weighted by molar-refractivity contribution is -0.0561. The number of piperidine rings is 2. The molecule has 164 valence electrons. The molecule has 3 aliphatic rings. The van der Waals surface area contributed by atoms with Crippen LogP contribution >= 0.6 is 0 Å². The molecule has 6 nitrogen and oxygen atoms in total. The summed E-state index contributed by atoms with van der Waals surface area (Å²) < 4.78 is 29.3. The number of hydrogen-bond donors (Lipinski definition) is 0. The third-order valence-corrected chi connectivity index (χ3v) is 6.72. The first-order valence-corrected chi connectivity index (χ1v) is 10.9. The van der Waals surface area contributed by atoms with Crippen LogP contribution in [0, 0.1) is 5.92 Å². The van der Waals surface area contributed by atoms with Gasteiger partial charge in [0, 0.05) is 63.2 Å². The number of halogens is 2. The monoisotopic (exact) mass is 428 g/mol. The highest BCUT2D eigenvalue weighted by Gasteiger charge is 2.39. The van der Waals surface area contributed by atoms with E-state index in [2.05, 4.69) is 16.0 Å². The molecule has 2 aromatic heterocycles. The second-order valence-corrected chi connectivity index (χ2v) is 9.13. The van der Waals surface area contributed by atoms with Gasteiger partial charge in [-0.25, -0.2) is 8.78 Å². The summed E-state index contributed by atoms with van der Waals surface area (Å²) in [6.45, 7) is 2.77. The zero-order valence-corrected chi connectivity index (χ0v) is 17.3. The van der Waals surface area contributed by atoms with Gasteiger partial charge in [0.05, 0.1) is 6.54 Å². The Morgan fingerprint density at radius 3 is 2.84 bits per heavy atom. The Morgan fingerprint density at radius 1 is 1.19 bits per heavy atom. The molecule has 0 N–H and O–H groups in total. The third-order valence-electron chi connectivity index (χ3n) is 6.72. The fourth-order valence-corrected chi connectivity index (χ4v) is 5.40. The first kappa shape index (κ1) is 20.3. The van der Waals surface area contributed by atoms with Crippen molar-refractivity contribution in [3.63, 3.8) is 0 Å². The Balaban J connectivity index is 1.37. The van der Waals surface area contributed by atoms with E-state index in [1.807, 2.05) is 18.3 Å². The minimum Gasteiger partial charge on any atom is -0.332 e. The van der Waals surface area contributed by atoms with Crippen molar-refractivity contribution >= 4 is 5.91 Å². The van der Waals surface area contributed by atoms with E-state index >= 15 is 0 Å². The maximum absolute atomic E-state index is 13.8. The summed E-state index contributed by atoms with van der Waals surface area (Å²) in [6.07, 6.45) is 4.71. The number of amides is 1. The molecule has 0 saturated carbocycles. The van der Waals surface area contributed by atoms with Crippen LogP contribution in [0.4, 0.5) is 8.78 Å². The van der Waals surface area contributed by atoms with Gasteiger partial charge in [-0.1, -0.05) is 6.07 Å². The first-order chi connectivity index (χ1) is 14.9. The predicted molar refractivity (Wildman–Crippen MR) is 111 cm³/mol. The van der Waals surface area contributed by atoms with Crippen molar-refractivity contribution in [2.24, 2.45) is 5.92 Å². The van der Waals surface area contributed by atoms with Crippen LogP contribution in [-0.2, 0) is 13.1 Å². The fraction of sp³-hybridized carbons (Fsp3) is 0.522. The van der Waals surface area contributed by atoms with Gasteiger partial charge in [-0.15, -0.1) is 0 Å². The molecule has 3 aliphatic heterocycles. The van der Waals surface area contributed by atoms with Gasteiger partial charge in [0.15, 0.2) is 0 Å². The highest BCUT2D eigenvalue weighted by Crippen LogP contribution is 2.36. The Labute approximate surface area is 179 Å². The normalized spacial score (nSPS) is 25.2. The standard InChI is InChI=1S/C23H26F2N4O2/c24-23(25)6-2-8-28(15-23)21(30)19-4-5-20-18-9-17(13-29(20)22(19)31)12-27(14-18)11-16-3-1-7-26-10-16/h1,3-5,7,10,17-18H,2,6,8-9,11-15H2/t17-,18+/m0/s1. The first-order valence-electron chi connectivity index (χ1n) is 10.9. The summed E-state index contributed by atoms with van der Waals surface area (Å²) in [5.74, 6) is -2.91. The van der Waals surface area contributed by atoms with Gasteiger partial charge >= 0.3 is 0 Å². The largest absolute Gasteiger partial charge is 0.332 e. The summed E-state index contributed by atoms with van der Waals surface area (Å²) >= 11 is 0. The average Bonchev–Trinajstić information content (AvgIpc) is 2.74. The maximum Gasteiger partial charge on any atom is 0.265 e. The van der Waals surface area contributed by atoms with E-state index in [9.17, 15) is 18.4 Å². The van der Waals surface area contributed by atoms with Crippen molar-refractivity contribution < 1.29 is 13.6 Å². The molecule has 0 aromatic carbocycles. The Morgan fingerprint density at radius 2 is 2.06 bits per heavy atom. The number of nitrogens with zero attached hydrogens (tertiary/aromatic N) is 4. The number of fused-ring (bicyclic) bond motifs is 4. The van der Waals surface area contributed by atoms with Gasteiger partial charge in [-0.3, -0.25) is 19.5 Å². The highest BCUT2D eigenvalue weighted by atomic mass is 19.3. The molecule has 31 heavy (non-hydrogen) atoms. The molecule has 1 amide bonds. The van der Waals surface area contributed by atoms with Gasteiger partial charge < -0.3 is 9.47 Å². The van der Waals surface area contributed by atoms with Gasteiger partial charge in [0.2, 0.25) is 0 Å². The van der Waals surface area contributed by atoms with Crippen molar-refractivity contribution in [1.29, 1.82) is 0 Å². The lowest BCUT2D eigenvalue weighted by atomic mass is 9.82. The second kappa shape index (κ2) is 7.82. The molecule has 5 rings (SSSR count). The molecule has 2 fully saturated rings. The predicted octanol–water partition coefficient (Wildman–Crippen LogP) is 2.73. The molecule has 2 aromatic rings. The number of pyridine rings is 2. The van der Waals surface area contributed by atoms with E-state index in [1.165, 1.54) is 5.56 Å². The Bertz CT molecular complexity index is 1040. The van der Waals surface area contributed by atoms with Crippen LogP contribution in [0.15, 0.2) is 41.5 Å². The maximum atomic E-state index is 13.8. The zero-order valence-electron chi connectivity index (χ0n) is 17.3. The zero-order chi connectivity index (χ0) is 21.6. The van der Waals surface area contributed by atoms with Crippen molar-refractivity contribution in [3.8, 4) is 0 Å². The van der Waals surface area contributed by atoms with Crippen LogP contribution < -0.4 is 5.56 Å². The Hall–Kier alpha value is -2.61. The van der Waals surface area contributed by atoms with Crippen molar-refractivity contribution in [1.82, 2.24) is 19.4 Å². The van der Waals surface area contributed by atoms with E-state index < -0.39 is 18.4 Å². The van der Waals surface area contributed by atoms with Crippen LogP contribution in [0.1, 0.15) is 46.8 Å². The van der Waals surface area contributed by atoms with Gasteiger partial charge in [0.25, 0.3) is 17.4 Å². The van der Waals surface area contributed by atoms with Crippen LogP contribution in [0.3, 0.4) is 0 Å². The molecule has 2 saturated heterocycles. The van der Waals surface area contributed by atoms with Crippen molar-refractivity contribution in [2.75, 3.05) is 26.2 Å². The van der Waals surface area contributed by atoms with E-state index in [-0.39, 0.29) is 36.4 Å². The molecule has 0 radical (unpaired) electrons. The van der Waals surface area contributed by atoms with E-state index in [0.29, 0.717) is 12.5 Å². The fourth-order valence-electron chi connectivity index (χ4n) is 5.40. The van der Waals surface area contributed by atoms with Gasteiger partial charge in [-0.2, -0.15) is 0 Å². The number of rotatable bonds is 3. The summed E-state index contributed by atoms with van der Waals surface area (Å²) in [5, 5.41) is 0. The van der Waals surface area contributed by atoms with Crippen LogP contribution in [-0.4, -0.2) is 57.4 Å². The average molecular weight is 428 g/mol. The molecule has 5 heterocycles. The van der Waals surface area contributed by atoms with E-state index in [0.717, 1.165) is 36.6 Å².